The minimum atomic E-state index is -0.154. The normalized spacial score (nSPS) is 19.4. The number of aromatic amines is 1. The molecule has 1 aliphatic heterocycles. The number of nitrogens with one attached hydrogen (secondary N) is 2. The number of para-hydroxylation sites is 1. The number of likely N-dealkylation sites (tertiary alicyclic amines) is 1. The lowest BCUT2D eigenvalue weighted by atomic mass is 10.00. The summed E-state index contributed by atoms with van der Waals surface area (Å²) in [5, 5.41) is 3.64. The fourth-order valence-corrected chi connectivity index (χ4v) is 3.72. The number of piperidine rings is 1. The number of nitrogens with zero attached hydrogens (tertiary/aromatic N) is 2. The zero-order valence-corrected chi connectivity index (χ0v) is 15.6. The molecule has 3 rings (SSSR count). The summed E-state index contributed by atoms with van der Waals surface area (Å²) in [6.07, 6.45) is 3.29. The van der Waals surface area contributed by atoms with E-state index in [-0.39, 0.29) is 17.5 Å². The van der Waals surface area contributed by atoms with Gasteiger partial charge in [0, 0.05) is 32.0 Å². The summed E-state index contributed by atoms with van der Waals surface area (Å²) in [7, 11) is 0. The van der Waals surface area contributed by atoms with Crippen LogP contribution in [0.15, 0.2) is 29.1 Å². The van der Waals surface area contributed by atoms with Crippen LogP contribution in [0.5, 0.6) is 0 Å². The Kier molecular flexibility index (Phi) is 6.04. The van der Waals surface area contributed by atoms with Crippen LogP contribution in [0.2, 0.25) is 0 Å². The maximum atomic E-state index is 12.2. The molecule has 6 heteroatoms. The molecule has 1 fully saturated rings. The number of fused-ring (bicyclic) bond motifs is 1. The Morgan fingerprint density at radius 3 is 3.04 bits per heavy atom. The molecule has 1 aromatic carbocycles. The number of amides is 1. The van der Waals surface area contributed by atoms with E-state index in [0.29, 0.717) is 29.6 Å². The monoisotopic (exact) mass is 356 g/mol. The molecule has 2 heterocycles. The van der Waals surface area contributed by atoms with Gasteiger partial charge >= 0.3 is 0 Å². The van der Waals surface area contributed by atoms with Crippen LogP contribution in [-0.4, -0.2) is 46.5 Å². The summed E-state index contributed by atoms with van der Waals surface area (Å²) >= 11 is 0. The molecule has 1 saturated heterocycles. The van der Waals surface area contributed by atoms with Crippen molar-refractivity contribution in [1.82, 2.24) is 20.2 Å². The molecule has 1 aromatic heterocycles. The number of benzene rings is 1. The standard InChI is InChI=1S/C20H28N4O2/c1-14-6-5-11-24(12-14)13-15(2)21-19(25)10-9-18-22-17-8-4-3-7-16(17)20(26)23-18/h3-4,7-8,14-15H,5-6,9-13H2,1-2H3,(H,21,25)(H,22,23,26)/t14-,15-/m0/s1. The van der Waals surface area contributed by atoms with Gasteiger partial charge in [0.1, 0.15) is 5.82 Å². The molecule has 0 bridgehead atoms. The lowest BCUT2D eigenvalue weighted by molar-refractivity contribution is -0.121. The Morgan fingerprint density at radius 2 is 2.23 bits per heavy atom. The van der Waals surface area contributed by atoms with Crippen LogP contribution in [0.3, 0.4) is 0 Å². The van der Waals surface area contributed by atoms with Crippen LogP contribution in [0.25, 0.3) is 10.9 Å². The minimum absolute atomic E-state index is 0.00151. The third-order valence-corrected chi connectivity index (χ3v) is 4.93. The molecule has 0 radical (unpaired) electrons. The van der Waals surface area contributed by atoms with Crippen molar-refractivity contribution in [3.8, 4) is 0 Å². The van der Waals surface area contributed by atoms with Gasteiger partial charge in [-0.2, -0.15) is 0 Å². The summed E-state index contributed by atoms with van der Waals surface area (Å²) in [4.78, 5) is 34.0. The molecule has 1 amide bonds. The van der Waals surface area contributed by atoms with Gasteiger partial charge in [-0.1, -0.05) is 19.1 Å². The Labute approximate surface area is 154 Å². The van der Waals surface area contributed by atoms with Crippen molar-refractivity contribution < 1.29 is 4.79 Å². The fraction of sp³-hybridized carbons (Fsp3) is 0.550. The number of H-pyrrole nitrogens is 1. The van der Waals surface area contributed by atoms with Gasteiger partial charge in [-0.3, -0.25) is 9.59 Å². The number of carbonyl (C=O) groups excluding carboxylic acids is 1. The summed E-state index contributed by atoms with van der Waals surface area (Å²) in [5.74, 6) is 1.29. The summed E-state index contributed by atoms with van der Waals surface area (Å²) in [6, 6.07) is 7.36. The molecular formula is C20H28N4O2. The molecule has 140 valence electrons. The highest BCUT2D eigenvalue weighted by molar-refractivity contribution is 5.78. The molecule has 0 saturated carbocycles. The van der Waals surface area contributed by atoms with Gasteiger partial charge in [-0.15, -0.1) is 0 Å². The maximum absolute atomic E-state index is 12.2. The highest BCUT2D eigenvalue weighted by atomic mass is 16.1. The molecule has 0 spiro atoms. The first kappa shape index (κ1) is 18.6. The van der Waals surface area contributed by atoms with E-state index in [9.17, 15) is 9.59 Å². The van der Waals surface area contributed by atoms with Gasteiger partial charge < -0.3 is 15.2 Å². The smallest absolute Gasteiger partial charge is 0.258 e. The zero-order valence-electron chi connectivity index (χ0n) is 15.6. The van der Waals surface area contributed by atoms with E-state index < -0.39 is 0 Å². The third kappa shape index (κ3) is 4.91. The van der Waals surface area contributed by atoms with Crippen LogP contribution >= 0.6 is 0 Å². The number of hydrogen-bond acceptors (Lipinski definition) is 4. The maximum Gasteiger partial charge on any atom is 0.258 e. The molecule has 0 unspecified atom stereocenters. The van der Waals surface area contributed by atoms with Gasteiger partial charge in [0.2, 0.25) is 5.91 Å². The van der Waals surface area contributed by atoms with E-state index in [1.54, 1.807) is 6.07 Å². The highest BCUT2D eigenvalue weighted by Crippen LogP contribution is 2.15. The Hall–Kier alpha value is -2.21. The van der Waals surface area contributed by atoms with E-state index in [2.05, 4.69) is 27.1 Å². The van der Waals surface area contributed by atoms with Crippen molar-refractivity contribution in [3.05, 3.63) is 40.4 Å². The van der Waals surface area contributed by atoms with Crippen molar-refractivity contribution in [3.63, 3.8) is 0 Å². The fourth-order valence-electron chi connectivity index (χ4n) is 3.72. The van der Waals surface area contributed by atoms with Crippen molar-refractivity contribution in [1.29, 1.82) is 0 Å². The van der Waals surface area contributed by atoms with Crippen molar-refractivity contribution in [2.75, 3.05) is 19.6 Å². The first-order chi connectivity index (χ1) is 12.5. The minimum Gasteiger partial charge on any atom is -0.352 e. The van der Waals surface area contributed by atoms with Crippen molar-refractivity contribution in [2.45, 2.75) is 45.6 Å². The van der Waals surface area contributed by atoms with E-state index in [1.165, 1.54) is 12.8 Å². The van der Waals surface area contributed by atoms with E-state index in [1.807, 2.05) is 25.1 Å². The van der Waals surface area contributed by atoms with E-state index >= 15 is 0 Å². The number of rotatable bonds is 6. The molecule has 2 atom stereocenters. The van der Waals surface area contributed by atoms with Crippen molar-refractivity contribution >= 4 is 16.8 Å². The first-order valence-electron chi connectivity index (χ1n) is 9.51. The molecule has 26 heavy (non-hydrogen) atoms. The molecule has 1 aliphatic rings. The highest BCUT2D eigenvalue weighted by Gasteiger charge is 2.19. The van der Waals surface area contributed by atoms with Crippen LogP contribution in [0, 0.1) is 5.92 Å². The average Bonchev–Trinajstić information content (AvgIpc) is 2.60. The number of hydrogen-bond donors (Lipinski definition) is 2. The van der Waals surface area contributed by atoms with E-state index in [0.717, 1.165) is 25.6 Å². The average molecular weight is 356 g/mol. The van der Waals surface area contributed by atoms with E-state index in [4.69, 9.17) is 0 Å². The molecule has 2 aromatic rings. The number of carbonyl (C=O) groups is 1. The van der Waals surface area contributed by atoms with Crippen LogP contribution in [-0.2, 0) is 11.2 Å². The summed E-state index contributed by atoms with van der Waals surface area (Å²) < 4.78 is 0. The van der Waals surface area contributed by atoms with Gasteiger partial charge in [0.05, 0.1) is 10.9 Å². The first-order valence-corrected chi connectivity index (χ1v) is 9.51. The molecular weight excluding hydrogens is 328 g/mol. The zero-order chi connectivity index (χ0) is 18.5. The van der Waals surface area contributed by atoms with Gasteiger partial charge in [-0.25, -0.2) is 4.98 Å². The lowest BCUT2D eigenvalue weighted by Crippen LogP contribution is -2.45. The van der Waals surface area contributed by atoms with Gasteiger partial charge in [0.15, 0.2) is 0 Å². The SMILES string of the molecule is C[C@H]1CCCN(C[C@H](C)NC(=O)CCc2nc3ccccc3c(=O)[nH]2)C1. The summed E-state index contributed by atoms with van der Waals surface area (Å²) in [6.45, 7) is 7.45. The quantitative estimate of drug-likeness (QED) is 0.831. The molecule has 2 N–H and O–H groups in total. The third-order valence-electron chi connectivity index (χ3n) is 4.93. The van der Waals surface area contributed by atoms with Gasteiger partial charge in [0.25, 0.3) is 5.56 Å². The summed E-state index contributed by atoms with van der Waals surface area (Å²) in [5.41, 5.74) is 0.512. The second kappa shape index (κ2) is 8.45. The Morgan fingerprint density at radius 1 is 1.42 bits per heavy atom. The largest absolute Gasteiger partial charge is 0.352 e. The predicted molar refractivity (Wildman–Crippen MR) is 103 cm³/mol. The van der Waals surface area contributed by atoms with Crippen LogP contribution < -0.4 is 10.9 Å². The Bertz CT molecular complexity index is 817. The van der Waals surface area contributed by atoms with Crippen LogP contribution in [0.1, 0.15) is 38.9 Å². The van der Waals surface area contributed by atoms with Gasteiger partial charge in [-0.05, 0) is 44.4 Å². The lowest BCUT2D eigenvalue weighted by Gasteiger charge is -2.32. The molecule has 0 aliphatic carbocycles. The number of aromatic nitrogens is 2. The Balaban J connectivity index is 1.50. The number of aryl methyl sites for hydroxylation is 1. The van der Waals surface area contributed by atoms with Crippen molar-refractivity contribution in [2.24, 2.45) is 5.92 Å². The van der Waals surface area contributed by atoms with Crippen LogP contribution in [0.4, 0.5) is 0 Å². The topological polar surface area (TPSA) is 78.1 Å². The second-order valence-electron chi connectivity index (χ2n) is 7.51. The predicted octanol–water partition coefficient (Wildman–Crippen LogP) is 2.09. The second-order valence-corrected chi connectivity index (χ2v) is 7.51. The molecule has 6 nitrogen and oxygen atoms in total.